The lowest BCUT2D eigenvalue weighted by molar-refractivity contribution is 0.112. The molecule has 1 rings (SSSR count). The van der Waals surface area contributed by atoms with Crippen LogP contribution in [-0.2, 0) is 6.42 Å². The first-order valence-corrected chi connectivity index (χ1v) is 4.49. The van der Waals surface area contributed by atoms with Crippen LogP contribution in [0.3, 0.4) is 0 Å². The van der Waals surface area contributed by atoms with Crippen LogP contribution in [0.5, 0.6) is 5.75 Å². The summed E-state index contributed by atoms with van der Waals surface area (Å²) in [6.07, 6.45) is 2.64. The SMILES string of the molecule is CCCc1cc(O)ccc1C=O.CO. The van der Waals surface area contributed by atoms with Gasteiger partial charge in [-0.15, -0.1) is 0 Å². The number of benzene rings is 1. The van der Waals surface area contributed by atoms with Crippen LogP contribution in [0.15, 0.2) is 18.2 Å². The Labute approximate surface area is 84.0 Å². The molecule has 3 heteroatoms. The van der Waals surface area contributed by atoms with Crippen molar-refractivity contribution in [3.63, 3.8) is 0 Å². The quantitative estimate of drug-likeness (QED) is 0.724. The number of carbonyl (C=O) groups is 1. The Hall–Kier alpha value is -1.35. The molecule has 0 saturated heterocycles. The molecule has 1 aromatic rings. The van der Waals surface area contributed by atoms with Gasteiger partial charge in [0.15, 0.2) is 0 Å². The number of aldehydes is 1. The molecule has 0 bridgehead atoms. The van der Waals surface area contributed by atoms with E-state index in [1.54, 1.807) is 12.1 Å². The van der Waals surface area contributed by atoms with Crippen molar-refractivity contribution in [1.82, 2.24) is 0 Å². The fraction of sp³-hybridized carbons (Fsp3) is 0.364. The second-order valence-corrected chi connectivity index (χ2v) is 2.75. The lowest BCUT2D eigenvalue weighted by Gasteiger charge is -2.02. The maximum absolute atomic E-state index is 10.5. The minimum absolute atomic E-state index is 0.226. The number of carbonyl (C=O) groups excluding carboxylic acids is 1. The molecule has 0 unspecified atom stereocenters. The Morgan fingerprint density at radius 3 is 2.50 bits per heavy atom. The summed E-state index contributed by atoms with van der Waals surface area (Å²) in [5.41, 5.74) is 1.60. The van der Waals surface area contributed by atoms with Crippen molar-refractivity contribution in [3.05, 3.63) is 29.3 Å². The normalized spacial score (nSPS) is 8.79. The molecule has 0 aliphatic heterocycles. The molecule has 2 N–H and O–H groups in total. The van der Waals surface area contributed by atoms with Gasteiger partial charge in [0, 0.05) is 12.7 Å². The van der Waals surface area contributed by atoms with E-state index in [0.29, 0.717) is 5.56 Å². The van der Waals surface area contributed by atoms with Crippen molar-refractivity contribution in [3.8, 4) is 5.75 Å². The van der Waals surface area contributed by atoms with E-state index in [0.717, 1.165) is 31.8 Å². The summed E-state index contributed by atoms with van der Waals surface area (Å²) in [6.45, 7) is 2.04. The van der Waals surface area contributed by atoms with E-state index in [2.05, 4.69) is 0 Å². The molecule has 78 valence electrons. The zero-order valence-electron chi connectivity index (χ0n) is 8.53. The molecule has 0 spiro atoms. The minimum atomic E-state index is 0.226. The van der Waals surface area contributed by atoms with Gasteiger partial charge < -0.3 is 10.2 Å². The van der Waals surface area contributed by atoms with E-state index in [-0.39, 0.29) is 5.75 Å². The van der Waals surface area contributed by atoms with Crippen molar-refractivity contribution in [2.24, 2.45) is 0 Å². The van der Waals surface area contributed by atoms with Crippen LogP contribution in [0.1, 0.15) is 29.3 Å². The van der Waals surface area contributed by atoms with Crippen LogP contribution in [-0.4, -0.2) is 23.6 Å². The zero-order chi connectivity index (χ0) is 11.0. The smallest absolute Gasteiger partial charge is 0.150 e. The number of phenolic OH excluding ortho intramolecular Hbond substituents is 1. The molecule has 3 nitrogen and oxygen atoms in total. The maximum atomic E-state index is 10.5. The van der Waals surface area contributed by atoms with Gasteiger partial charge in [-0.25, -0.2) is 0 Å². The number of aliphatic hydroxyl groups is 1. The zero-order valence-corrected chi connectivity index (χ0v) is 8.53. The lowest BCUT2D eigenvalue weighted by Crippen LogP contribution is -1.91. The summed E-state index contributed by atoms with van der Waals surface area (Å²) in [6, 6.07) is 4.82. The lowest BCUT2D eigenvalue weighted by atomic mass is 10.0. The van der Waals surface area contributed by atoms with Gasteiger partial charge in [-0.3, -0.25) is 4.79 Å². The van der Waals surface area contributed by atoms with Gasteiger partial charge in [-0.2, -0.15) is 0 Å². The van der Waals surface area contributed by atoms with Crippen LogP contribution >= 0.6 is 0 Å². The van der Waals surface area contributed by atoms with E-state index in [1.165, 1.54) is 6.07 Å². The molecule has 0 fully saturated rings. The van der Waals surface area contributed by atoms with E-state index in [4.69, 9.17) is 10.2 Å². The summed E-state index contributed by atoms with van der Waals surface area (Å²) in [5.74, 6) is 0.226. The van der Waals surface area contributed by atoms with Gasteiger partial charge in [-0.1, -0.05) is 13.3 Å². The standard InChI is InChI=1S/C10H12O2.CH4O/c1-2-3-8-6-10(12)5-4-9(8)7-11;1-2/h4-7,12H,2-3H2,1H3;2H,1H3. The molecule has 0 aromatic heterocycles. The van der Waals surface area contributed by atoms with Gasteiger partial charge in [0.1, 0.15) is 12.0 Å². The Balaban J connectivity index is 0.000000791. The predicted octanol–water partition coefficient (Wildman–Crippen LogP) is 1.77. The molecular formula is C11H16O3. The van der Waals surface area contributed by atoms with E-state index in [1.807, 2.05) is 6.92 Å². The summed E-state index contributed by atoms with van der Waals surface area (Å²) in [7, 11) is 1.00. The van der Waals surface area contributed by atoms with Gasteiger partial charge in [-0.05, 0) is 30.2 Å². The minimum Gasteiger partial charge on any atom is -0.508 e. The molecule has 14 heavy (non-hydrogen) atoms. The van der Waals surface area contributed by atoms with Crippen molar-refractivity contribution in [2.45, 2.75) is 19.8 Å². The highest BCUT2D eigenvalue weighted by molar-refractivity contribution is 5.77. The number of aryl methyl sites for hydroxylation is 1. The van der Waals surface area contributed by atoms with Gasteiger partial charge in [0.25, 0.3) is 0 Å². The number of aliphatic hydroxyl groups excluding tert-OH is 1. The largest absolute Gasteiger partial charge is 0.508 e. The number of phenols is 1. The van der Waals surface area contributed by atoms with Crippen LogP contribution in [0.4, 0.5) is 0 Å². The highest BCUT2D eigenvalue weighted by Crippen LogP contribution is 2.16. The number of hydrogen-bond acceptors (Lipinski definition) is 3. The highest BCUT2D eigenvalue weighted by atomic mass is 16.3. The average Bonchev–Trinajstić information content (AvgIpc) is 2.22. The van der Waals surface area contributed by atoms with Crippen LogP contribution in [0, 0.1) is 0 Å². The van der Waals surface area contributed by atoms with Crippen molar-refractivity contribution >= 4 is 6.29 Å². The fourth-order valence-corrected chi connectivity index (χ4v) is 1.19. The number of aromatic hydroxyl groups is 1. The molecule has 0 aliphatic rings. The second kappa shape index (κ2) is 7.09. The van der Waals surface area contributed by atoms with E-state index >= 15 is 0 Å². The van der Waals surface area contributed by atoms with Crippen molar-refractivity contribution in [2.75, 3.05) is 7.11 Å². The maximum Gasteiger partial charge on any atom is 0.150 e. The van der Waals surface area contributed by atoms with Gasteiger partial charge in [0.05, 0.1) is 0 Å². The average molecular weight is 196 g/mol. The molecule has 0 aliphatic carbocycles. The van der Waals surface area contributed by atoms with E-state index < -0.39 is 0 Å². The molecule has 0 saturated carbocycles. The third-order valence-electron chi connectivity index (χ3n) is 1.77. The van der Waals surface area contributed by atoms with Crippen LogP contribution < -0.4 is 0 Å². The topological polar surface area (TPSA) is 57.5 Å². The first kappa shape index (κ1) is 12.7. The number of hydrogen-bond donors (Lipinski definition) is 2. The summed E-state index contributed by atoms with van der Waals surface area (Å²) >= 11 is 0. The summed E-state index contributed by atoms with van der Waals surface area (Å²) in [5, 5.41) is 16.1. The highest BCUT2D eigenvalue weighted by Gasteiger charge is 2.00. The second-order valence-electron chi connectivity index (χ2n) is 2.75. The molecular weight excluding hydrogens is 180 g/mol. The Bertz CT molecular complexity index is 282. The van der Waals surface area contributed by atoms with Crippen molar-refractivity contribution in [1.29, 1.82) is 0 Å². The van der Waals surface area contributed by atoms with Crippen LogP contribution in [0.2, 0.25) is 0 Å². The number of rotatable bonds is 3. The predicted molar refractivity (Wildman–Crippen MR) is 55.6 cm³/mol. The fourth-order valence-electron chi connectivity index (χ4n) is 1.19. The molecule has 0 radical (unpaired) electrons. The monoisotopic (exact) mass is 196 g/mol. The molecule has 0 atom stereocenters. The van der Waals surface area contributed by atoms with E-state index in [9.17, 15) is 4.79 Å². The summed E-state index contributed by atoms with van der Waals surface area (Å²) in [4.78, 5) is 10.5. The molecule has 0 heterocycles. The van der Waals surface area contributed by atoms with Gasteiger partial charge >= 0.3 is 0 Å². The first-order valence-electron chi connectivity index (χ1n) is 4.49. The third kappa shape index (κ3) is 3.58. The Morgan fingerprint density at radius 1 is 1.36 bits per heavy atom. The Kier molecular flexibility index (Phi) is 6.41. The summed E-state index contributed by atoms with van der Waals surface area (Å²) < 4.78 is 0. The third-order valence-corrected chi connectivity index (χ3v) is 1.77. The van der Waals surface area contributed by atoms with Gasteiger partial charge in [0.2, 0.25) is 0 Å². The molecule has 0 amide bonds. The van der Waals surface area contributed by atoms with Crippen LogP contribution in [0.25, 0.3) is 0 Å². The Morgan fingerprint density at radius 2 is 2.00 bits per heavy atom. The van der Waals surface area contributed by atoms with Crippen molar-refractivity contribution < 1.29 is 15.0 Å². The molecule has 1 aromatic carbocycles. The first-order chi connectivity index (χ1) is 6.77.